The molecule has 2 rings (SSSR count). The van der Waals surface area contributed by atoms with E-state index < -0.39 is 0 Å². The third-order valence-corrected chi connectivity index (χ3v) is 2.17. The average Bonchev–Trinajstić information content (AvgIpc) is 2.34. The largest absolute Gasteiger partial charge is 1.00 e. The standard InChI is InChI=1S/C12H11.C3H6.C2H5.2K/c1-9-6-7-11-5-3-4-10(2)12(11)8-9;1-3-2;1-2;;/h3-4,6-8H,1-2H3;3H,1H2,2H3;1H2,2H3;;/q-1;;;;+1. The van der Waals surface area contributed by atoms with E-state index in [2.05, 4.69) is 57.7 Å². The summed E-state index contributed by atoms with van der Waals surface area (Å²) >= 11 is 0. The Balaban J connectivity index is -0.000000327. The molecule has 0 fully saturated rings. The van der Waals surface area contributed by atoms with Gasteiger partial charge < -0.3 is 0 Å². The van der Waals surface area contributed by atoms with E-state index in [1.54, 1.807) is 13.0 Å². The summed E-state index contributed by atoms with van der Waals surface area (Å²) in [6.07, 6.45) is 1.75. The molecule has 2 aromatic rings. The average molecular weight is 305 g/mol. The fourth-order valence-corrected chi connectivity index (χ4v) is 1.46. The molecule has 0 aromatic heterocycles. The first-order valence-corrected chi connectivity index (χ1v) is 5.84. The predicted molar refractivity (Wildman–Crippen MR) is 84.9 cm³/mol. The summed E-state index contributed by atoms with van der Waals surface area (Å²) in [7, 11) is 0. The summed E-state index contributed by atoms with van der Waals surface area (Å²) in [5.74, 6) is 0. The van der Waals surface area contributed by atoms with Crippen LogP contribution in [0.25, 0.3) is 10.8 Å². The van der Waals surface area contributed by atoms with Crippen molar-refractivity contribution in [3.05, 3.63) is 67.1 Å². The number of allylic oxidation sites excluding steroid dienone is 1. The molecule has 92 valence electrons. The van der Waals surface area contributed by atoms with Gasteiger partial charge in [0.25, 0.3) is 0 Å². The van der Waals surface area contributed by atoms with Crippen LogP contribution < -0.4 is 51.4 Å². The molecule has 0 N–H and O–H groups in total. The molecule has 0 saturated heterocycles. The zero-order chi connectivity index (χ0) is 13.3. The molecule has 0 aliphatic carbocycles. The minimum Gasteiger partial charge on any atom is -0.147 e. The van der Waals surface area contributed by atoms with Crippen LogP contribution in [0.5, 0.6) is 0 Å². The monoisotopic (exact) mass is 304 g/mol. The van der Waals surface area contributed by atoms with Crippen LogP contribution in [-0.4, -0.2) is 51.4 Å². The summed E-state index contributed by atoms with van der Waals surface area (Å²) in [6.45, 7) is 14.5. The van der Waals surface area contributed by atoms with Gasteiger partial charge in [-0.05, 0) is 13.8 Å². The number of hydrogen-bond acceptors (Lipinski definition) is 0. The maximum Gasteiger partial charge on any atom is 1.00 e. The van der Waals surface area contributed by atoms with Gasteiger partial charge in [-0.2, -0.15) is 0 Å². The Hall–Kier alpha value is 1.71. The zero-order valence-corrected chi connectivity index (χ0v) is 19.6. The molecule has 0 nitrogen and oxygen atoms in total. The van der Waals surface area contributed by atoms with Gasteiger partial charge in [0.05, 0.1) is 0 Å². The van der Waals surface area contributed by atoms with Crippen molar-refractivity contribution in [3.63, 3.8) is 0 Å². The number of aryl methyl sites for hydroxylation is 2. The van der Waals surface area contributed by atoms with Crippen LogP contribution in [0.4, 0.5) is 0 Å². The first-order valence-electron chi connectivity index (χ1n) is 5.84. The van der Waals surface area contributed by atoms with Crippen molar-refractivity contribution in [1.29, 1.82) is 0 Å². The second-order valence-electron chi connectivity index (χ2n) is 3.62. The van der Waals surface area contributed by atoms with Gasteiger partial charge in [-0.1, -0.05) is 38.5 Å². The van der Waals surface area contributed by atoms with Crippen molar-refractivity contribution >= 4 is 62.2 Å². The second kappa shape index (κ2) is 16.1. The third kappa shape index (κ3) is 10.1. The van der Waals surface area contributed by atoms with Crippen LogP contribution in [0.3, 0.4) is 0 Å². The minimum absolute atomic E-state index is 0. The van der Waals surface area contributed by atoms with Gasteiger partial charge in [-0.15, -0.1) is 53.2 Å². The summed E-state index contributed by atoms with van der Waals surface area (Å²) in [5, 5.41) is 2.53. The fraction of sp³-hybridized carbons (Fsp3) is 0.235. The van der Waals surface area contributed by atoms with E-state index in [0.29, 0.717) is 0 Å². The van der Waals surface area contributed by atoms with E-state index in [-0.39, 0.29) is 103 Å². The SMILES string of the molecule is C=CC.Cc1ccc2[c-]ccc(C)c2c1.[CH2]C.[K+].[K]. The van der Waals surface area contributed by atoms with Gasteiger partial charge in [-0.25, -0.2) is 0 Å². The van der Waals surface area contributed by atoms with Crippen LogP contribution in [0.15, 0.2) is 43.0 Å². The summed E-state index contributed by atoms with van der Waals surface area (Å²) in [4.78, 5) is 0. The van der Waals surface area contributed by atoms with Crippen molar-refractivity contribution in [2.24, 2.45) is 0 Å². The van der Waals surface area contributed by atoms with Crippen molar-refractivity contribution < 1.29 is 51.4 Å². The van der Waals surface area contributed by atoms with Crippen LogP contribution in [-0.2, 0) is 0 Å². The van der Waals surface area contributed by atoms with Crippen LogP contribution in [0.2, 0.25) is 0 Å². The van der Waals surface area contributed by atoms with E-state index in [1.807, 2.05) is 13.0 Å². The molecule has 0 saturated carbocycles. The van der Waals surface area contributed by atoms with Gasteiger partial charge in [0, 0.05) is 51.4 Å². The summed E-state index contributed by atoms with van der Waals surface area (Å²) < 4.78 is 0. The van der Waals surface area contributed by atoms with Crippen molar-refractivity contribution in [1.82, 2.24) is 0 Å². The van der Waals surface area contributed by atoms with Crippen LogP contribution in [0.1, 0.15) is 25.0 Å². The molecule has 0 aliphatic heterocycles. The normalized spacial score (nSPS) is 7.63. The van der Waals surface area contributed by atoms with Crippen molar-refractivity contribution in [3.8, 4) is 0 Å². The maximum absolute atomic E-state index is 3.36. The molecule has 0 bridgehead atoms. The van der Waals surface area contributed by atoms with Crippen molar-refractivity contribution in [2.75, 3.05) is 0 Å². The molecule has 0 unspecified atom stereocenters. The van der Waals surface area contributed by atoms with E-state index in [9.17, 15) is 0 Å². The summed E-state index contributed by atoms with van der Waals surface area (Å²) in [5.41, 5.74) is 2.64. The van der Waals surface area contributed by atoms with Crippen LogP contribution in [0, 0.1) is 26.8 Å². The maximum atomic E-state index is 3.36. The Bertz CT molecular complexity index is 462. The van der Waals surface area contributed by atoms with E-state index in [0.717, 1.165) is 0 Å². The molecule has 0 heterocycles. The molecule has 0 amide bonds. The molecular weight excluding hydrogens is 282 g/mol. The number of benzene rings is 2. The zero-order valence-electron chi connectivity index (χ0n) is 13.4. The van der Waals surface area contributed by atoms with Gasteiger partial charge >= 0.3 is 51.4 Å². The molecule has 0 atom stereocenters. The first-order chi connectivity index (χ1) is 8.19. The quantitative estimate of drug-likeness (QED) is 0.396. The van der Waals surface area contributed by atoms with Gasteiger partial charge in [-0.3, -0.25) is 0 Å². The molecule has 19 heavy (non-hydrogen) atoms. The van der Waals surface area contributed by atoms with Gasteiger partial charge in [0.2, 0.25) is 0 Å². The second-order valence-corrected chi connectivity index (χ2v) is 3.62. The number of rotatable bonds is 0. The molecule has 0 aliphatic rings. The van der Waals surface area contributed by atoms with Gasteiger partial charge in [0.15, 0.2) is 0 Å². The van der Waals surface area contributed by atoms with E-state index in [4.69, 9.17) is 0 Å². The molecule has 0 spiro atoms. The smallest absolute Gasteiger partial charge is 0.147 e. The Morgan fingerprint density at radius 2 is 1.63 bits per heavy atom. The van der Waals surface area contributed by atoms with Crippen molar-refractivity contribution in [2.45, 2.75) is 27.7 Å². The Morgan fingerprint density at radius 3 is 2.16 bits per heavy atom. The third-order valence-electron chi connectivity index (χ3n) is 2.17. The minimum atomic E-state index is 0. The van der Waals surface area contributed by atoms with E-state index >= 15 is 0 Å². The molecule has 2 heteroatoms. The van der Waals surface area contributed by atoms with E-state index in [1.165, 1.54) is 21.9 Å². The molecule has 2 radical (unpaired) electrons. The predicted octanol–water partition coefficient (Wildman–Crippen LogP) is 1.91. The topological polar surface area (TPSA) is 0 Å². The number of hydrogen-bond donors (Lipinski definition) is 0. The Morgan fingerprint density at radius 1 is 1.11 bits per heavy atom. The molecular formula is C17H22K2. The number of fused-ring (bicyclic) bond motifs is 1. The Labute approximate surface area is 204 Å². The molecule has 2 aromatic carbocycles. The van der Waals surface area contributed by atoms with Gasteiger partial charge in [0.1, 0.15) is 0 Å². The Kier molecular flexibility index (Phi) is 21.7. The first kappa shape index (κ1) is 25.7. The summed E-state index contributed by atoms with van der Waals surface area (Å²) in [6, 6.07) is 13.8. The van der Waals surface area contributed by atoms with Crippen LogP contribution >= 0.6 is 0 Å². The fourth-order valence-electron chi connectivity index (χ4n) is 1.46.